The minimum atomic E-state index is -0.235. The quantitative estimate of drug-likeness (QED) is 0.578. The number of benzene rings is 1. The van der Waals surface area contributed by atoms with Gasteiger partial charge in [-0.2, -0.15) is 0 Å². The maximum absolute atomic E-state index is 5.69. The molecule has 1 aromatic carbocycles. The number of methoxy groups -OCH3 is 1. The highest BCUT2D eigenvalue weighted by Gasteiger charge is 2.51. The van der Waals surface area contributed by atoms with Crippen molar-refractivity contribution in [2.45, 2.75) is 19.6 Å². The lowest BCUT2D eigenvalue weighted by molar-refractivity contribution is 0.109. The normalized spacial score (nSPS) is 22.6. The van der Waals surface area contributed by atoms with E-state index in [-0.39, 0.29) is 5.72 Å². The second kappa shape index (κ2) is 4.59. The van der Waals surface area contributed by atoms with Crippen molar-refractivity contribution in [3.05, 3.63) is 35.7 Å². The van der Waals surface area contributed by atoms with Crippen LogP contribution in [0.25, 0.3) is 0 Å². The lowest BCUT2D eigenvalue weighted by atomic mass is 10.0. The minimum Gasteiger partial charge on any atom is -0.485 e. The van der Waals surface area contributed by atoms with Crippen LogP contribution < -0.4 is 4.74 Å². The molecule has 3 nitrogen and oxygen atoms in total. The second-order valence-corrected chi connectivity index (χ2v) is 4.37. The Labute approximate surface area is 103 Å². The van der Waals surface area contributed by atoms with Crippen molar-refractivity contribution >= 4 is 0 Å². The van der Waals surface area contributed by atoms with Gasteiger partial charge < -0.3 is 9.47 Å². The van der Waals surface area contributed by atoms with Gasteiger partial charge in [-0.15, -0.1) is 0 Å². The van der Waals surface area contributed by atoms with Crippen LogP contribution in [-0.4, -0.2) is 32.2 Å². The summed E-state index contributed by atoms with van der Waals surface area (Å²) in [5.41, 5.74) is 2.11. The molecule has 0 saturated carbocycles. The first-order chi connectivity index (χ1) is 8.16. The van der Waals surface area contributed by atoms with Gasteiger partial charge in [0, 0.05) is 19.4 Å². The van der Waals surface area contributed by atoms with E-state index in [0.717, 1.165) is 18.9 Å². The summed E-state index contributed by atoms with van der Waals surface area (Å²) in [6.07, 6.45) is 2.08. The molecule has 0 radical (unpaired) electrons. The van der Waals surface area contributed by atoms with E-state index in [4.69, 9.17) is 9.47 Å². The van der Waals surface area contributed by atoms with E-state index in [1.54, 1.807) is 7.11 Å². The zero-order valence-electron chi connectivity index (χ0n) is 11.0. The second-order valence-electron chi connectivity index (χ2n) is 4.37. The maximum atomic E-state index is 5.69. The summed E-state index contributed by atoms with van der Waals surface area (Å²) in [7, 11) is 3.78. The number of hydrogen-bond donors (Lipinski definition) is 0. The zero-order chi connectivity index (χ0) is 12.5. The molecule has 0 amide bonds. The Kier molecular flexibility index (Phi) is 3.31. The van der Waals surface area contributed by atoms with E-state index in [0.29, 0.717) is 0 Å². The average Bonchev–Trinajstić information content (AvgIpc) is 3.18. The van der Waals surface area contributed by atoms with Gasteiger partial charge in [-0.3, -0.25) is 4.90 Å². The van der Waals surface area contributed by atoms with Crippen molar-refractivity contribution in [3.8, 4) is 5.75 Å². The smallest absolute Gasteiger partial charge is 0.183 e. The van der Waals surface area contributed by atoms with Crippen molar-refractivity contribution in [2.75, 3.05) is 27.3 Å². The highest BCUT2D eigenvalue weighted by molar-refractivity contribution is 5.41. The molecular weight excluding hydrogens is 214 g/mol. The number of likely N-dealkylation sites (N-methyl/N-ethyl adjacent to an activating group) is 1. The highest BCUT2D eigenvalue weighted by atomic mass is 16.6. The average molecular weight is 234 g/mol. The Morgan fingerprint density at radius 3 is 2.65 bits per heavy atom. The lowest BCUT2D eigenvalue weighted by Gasteiger charge is -2.22. The molecule has 1 aromatic rings. The van der Waals surface area contributed by atoms with Crippen LogP contribution >= 0.6 is 0 Å². The van der Waals surface area contributed by atoms with E-state index in [9.17, 15) is 0 Å². The maximum Gasteiger partial charge on any atom is 0.183 e. The standard InChI is InChI=1S/C14H20NO2/c1-5-11-7-12(9-13(8-11)16-4)14(10-17-14)15(3)6-2/h5,7-9H,6,10H2,1-4H3/q+1. The third kappa shape index (κ3) is 2.13. The molecule has 0 aliphatic carbocycles. The highest BCUT2D eigenvalue weighted by Crippen LogP contribution is 2.42. The molecule has 1 aliphatic rings. The summed E-state index contributed by atoms with van der Waals surface area (Å²) in [6, 6.07) is 6.26. The van der Waals surface area contributed by atoms with Crippen molar-refractivity contribution < 1.29 is 9.47 Å². The van der Waals surface area contributed by atoms with Crippen molar-refractivity contribution in [3.63, 3.8) is 0 Å². The van der Waals surface area contributed by atoms with Crippen LogP contribution in [0.15, 0.2) is 18.2 Å². The van der Waals surface area contributed by atoms with E-state index >= 15 is 0 Å². The first-order valence-electron chi connectivity index (χ1n) is 6.00. The zero-order valence-corrected chi connectivity index (χ0v) is 11.0. The Morgan fingerprint density at radius 2 is 2.18 bits per heavy atom. The predicted molar refractivity (Wildman–Crippen MR) is 68.0 cm³/mol. The molecular formula is C14H20NO2+. The van der Waals surface area contributed by atoms with E-state index in [1.807, 2.05) is 13.0 Å². The minimum absolute atomic E-state index is 0.235. The van der Waals surface area contributed by atoms with Crippen LogP contribution in [-0.2, 0) is 10.5 Å². The Bertz CT molecular complexity index is 377. The molecule has 1 unspecified atom stereocenters. The van der Waals surface area contributed by atoms with Crippen LogP contribution in [0.1, 0.15) is 25.0 Å². The summed E-state index contributed by atoms with van der Waals surface area (Å²) < 4.78 is 11.0. The van der Waals surface area contributed by atoms with Crippen LogP contribution in [0, 0.1) is 6.42 Å². The fourth-order valence-corrected chi connectivity index (χ4v) is 2.06. The monoisotopic (exact) mass is 234 g/mol. The number of nitrogens with zero attached hydrogens (tertiary/aromatic N) is 1. The third-order valence-electron chi connectivity index (χ3n) is 3.46. The number of hydrogen-bond acceptors (Lipinski definition) is 3. The van der Waals surface area contributed by atoms with Crippen LogP contribution in [0.2, 0.25) is 0 Å². The third-order valence-corrected chi connectivity index (χ3v) is 3.46. The van der Waals surface area contributed by atoms with Gasteiger partial charge in [0.25, 0.3) is 0 Å². The molecule has 1 aliphatic heterocycles. The van der Waals surface area contributed by atoms with Gasteiger partial charge in [0.1, 0.15) is 5.56 Å². The molecule has 1 fully saturated rings. The summed E-state index contributed by atoms with van der Waals surface area (Å²) >= 11 is 0. The molecule has 0 aromatic heterocycles. The molecule has 0 bridgehead atoms. The number of epoxide rings is 1. The molecule has 1 saturated heterocycles. The van der Waals surface area contributed by atoms with Crippen LogP contribution in [0.3, 0.4) is 0 Å². The van der Waals surface area contributed by atoms with E-state index in [1.165, 1.54) is 11.1 Å². The first kappa shape index (κ1) is 12.3. The fourth-order valence-electron chi connectivity index (χ4n) is 2.06. The molecule has 0 spiro atoms. The first-order valence-corrected chi connectivity index (χ1v) is 6.00. The van der Waals surface area contributed by atoms with E-state index < -0.39 is 0 Å². The van der Waals surface area contributed by atoms with Crippen molar-refractivity contribution in [2.24, 2.45) is 0 Å². The summed E-state index contributed by atoms with van der Waals surface area (Å²) in [6.45, 7) is 5.88. The van der Waals surface area contributed by atoms with E-state index in [2.05, 4.69) is 37.4 Å². The SMILES string of the molecule is C[CH+]c1cc(OC)cc(C2(N(C)CC)CO2)c1. The topological polar surface area (TPSA) is 25.0 Å². The fraction of sp³-hybridized carbons (Fsp3) is 0.500. The van der Waals surface area contributed by atoms with Gasteiger partial charge >= 0.3 is 0 Å². The van der Waals surface area contributed by atoms with Gasteiger partial charge in [-0.25, -0.2) is 0 Å². The molecule has 17 heavy (non-hydrogen) atoms. The largest absolute Gasteiger partial charge is 0.485 e. The van der Waals surface area contributed by atoms with Gasteiger partial charge in [-0.1, -0.05) is 6.92 Å². The Hall–Kier alpha value is -1.19. The Morgan fingerprint density at radius 1 is 1.47 bits per heavy atom. The number of ether oxygens (including phenoxy) is 2. The van der Waals surface area contributed by atoms with Gasteiger partial charge in [0.05, 0.1) is 31.4 Å². The number of rotatable bonds is 5. The molecule has 92 valence electrons. The molecule has 1 heterocycles. The predicted octanol–water partition coefficient (Wildman–Crippen LogP) is 2.40. The van der Waals surface area contributed by atoms with Crippen LogP contribution in [0.5, 0.6) is 5.75 Å². The summed E-state index contributed by atoms with van der Waals surface area (Å²) in [5.74, 6) is 0.884. The summed E-state index contributed by atoms with van der Waals surface area (Å²) in [4.78, 5) is 2.22. The van der Waals surface area contributed by atoms with Gasteiger partial charge in [0.15, 0.2) is 11.5 Å². The van der Waals surface area contributed by atoms with Crippen molar-refractivity contribution in [1.29, 1.82) is 0 Å². The molecule has 0 N–H and O–H groups in total. The lowest BCUT2D eigenvalue weighted by Crippen LogP contribution is -2.32. The Balaban J connectivity index is 2.38. The molecule has 2 rings (SSSR count). The van der Waals surface area contributed by atoms with Crippen molar-refractivity contribution in [1.82, 2.24) is 4.90 Å². The van der Waals surface area contributed by atoms with Gasteiger partial charge in [-0.05, 0) is 13.6 Å². The molecule has 1 atom stereocenters. The van der Waals surface area contributed by atoms with Gasteiger partial charge in [0.2, 0.25) is 0 Å². The summed E-state index contributed by atoms with van der Waals surface area (Å²) in [5, 5.41) is 0. The molecule has 3 heteroatoms. The van der Waals surface area contributed by atoms with Crippen LogP contribution in [0.4, 0.5) is 0 Å².